The third-order valence-corrected chi connectivity index (χ3v) is 6.23. The monoisotopic (exact) mass is 434 g/mol. The Morgan fingerprint density at radius 3 is 2.66 bits per heavy atom. The lowest BCUT2D eigenvalue weighted by molar-refractivity contribution is -0.130. The molecule has 2 aliphatic rings. The summed E-state index contributed by atoms with van der Waals surface area (Å²) in [5, 5.41) is 3.37. The molecular formula is C26H34N4O2. The lowest BCUT2D eigenvalue weighted by atomic mass is 10.00. The fraction of sp³-hybridized carbons (Fsp3) is 0.462. The maximum atomic E-state index is 12.8. The van der Waals surface area contributed by atoms with Crippen molar-refractivity contribution in [2.75, 3.05) is 39.3 Å². The van der Waals surface area contributed by atoms with Gasteiger partial charge >= 0.3 is 0 Å². The van der Waals surface area contributed by atoms with Crippen molar-refractivity contribution in [1.29, 1.82) is 0 Å². The van der Waals surface area contributed by atoms with Crippen molar-refractivity contribution in [2.45, 2.75) is 32.9 Å². The molecule has 0 spiro atoms. The van der Waals surface area contributed by atoms with E-state index >= 15 is 0 Å². The lowest BCUT2D eigenvalue weighted by Crippen LogP contribution is -2.42. The molecule has 1 amide bonds. The Hall–Kier alpha value is -2.86. The number of likely N-dealkylation sites (tertiary alicyclic amines) is 1. The molecule has 0 aliphatic carbocycles. The largest absolute Gasteiger partial charge is 0.376 e. The van der Waals surface area contributed by atoms with Crippen LogP contribution in [0, 0.1) is 5.92 Å². The van der Waals surface area contributed by atoms with E-state index in [4.69, 9.17) is 4.74 Å². The van der Waals surface area contributed by atoms with Gasteiger partial charge in [-0.25, -0.2) is 4.99 Å². The minimum Gasteiger partial charge on any atom is -0.376 e. The second kappa shape index (κ2) is 11.1. The number of rotatable bonds is 7. The number of guanidine groups is 1. The number of benzene rings is 2. The maximum Gasteiger partial charge on any atom is 0.244 e. The molecule has 1 fully saturated rings. The van der Waals surface area contributed by atoms with E-state index in [1.165, 1.54) is 16.7 Å². The van der Waals surface area contributed by atoms with Crippen molar-refractivity contribution in [3.8, 4) is 0 Å². The maximum absolute atomic E-state index is 12.8. The van der Waals surface area contributed by atoms with Crippen LogP contribution < -0.4 is 5.32 Å². The Balaban J connectivity index is 1.27. The Morgan fingerprint density at radius 1 is 1.06 bits per heavy atom. The number of fused-ring (bicyclic) bond motifs is 1. The number of ether oxygens (including phenoxy) is 1. The molecule has 2 aliphatic heterocycles. The van der Waals surface area contributed by atoms with Gasteiger partial charge in [0.25, 0.3) is 0 Å². The Bertz CT molecular complexity index is 915. The minimum atomic E-state index is 0.0943. The first-order valence-corrected chi connectivity index (χ1v) is 11.7. The average Bonchev–Trinajstić information content (AvgIpc) is 3.30. The molecule has 0 bridgehead atoms. The first-order valence-electron chi connectivity index (χ1n) is 11.7. The van der Waals surface area contributed by atoms with E-state index in [2.05, 4.69) is 52.5 Å². The van der Waals surface area contributed by atoms with Crippen molar-refractivity contribution >= 4 is 11.9 Å². The van der Waals surface area contributed by atoms with E-state index in [0.29, 0.717) is 19.1 Å². The van der Waals surface area contributed by atoms with Gasteiger partial charge in [-0.05, 0) is 36.5 Å². The zero-order valence-corrected chi connectivity index (χ0v) is 19.0. The molecule has 4 rings (SSSR count). The van der Waals surface area contributed by atoms with E-state index in [-0.39, 0.29) is 12.5 Å². The fourth-order valence-corrected chi connectivity index (χ4v) is 4.46. The zero-order valence-electron chi connectivity index (χ0n) is 19.0. The molecular weight excluding hydrogens is 400 g/mol. The van der Waals surface area contributed by atoms with Crippen LogP contribution in [0.5, 0.6) is 0 Å². The SMILES string of the molecule is CCNC(=NCC(=O)N1CCc2ccccc2C1)N1CCC(COCc2ccccc2)C1. The number of aliphatic imine (C=N–C) groups is 1. The summed E-state index contributed by atoms with van der Waals surface area (Å²) in [5.41, 5.74) is 3.81. The number of carbonyl (C=O) groups excluding carboxylic acids is 1. The van der Waals surface area contributed by atoms with Gasteiger partial charge in [-0.15, -0.1) is 0 Å². The van der Waals surface area contributed by atoms with Crippen LogP contribution in [-0.4, -0.2) is 61.0 Å². The van der Waals surface area contributed by atoms with E-state index in [1.807, 2.05) is 29.2 Å². The molecule has 6 heteroatoms. The first-order chi connectivity index (χ1) is 15.7. The normalized spacial score (nSPS) is 18.5. The van der Waals surface area contributed by atoms with Gasteiger partial charge in [0.1, 0.15) is 6.54 Å². The summed E-state index contributed by atoms with van der Waals surface area (Å²) in [6.45, 7) is 7.75. The summed E-state index contributed by atoms with van der Waals surface area (Å²) >= 11 is 0. The highest BCUT2D eigenvalue weighted by Crippen LogP contribution is 2.19. The molecule has 2 heterocycles. The van der Waals surface area contributed by atoms with Gasteiger partial charge in [0.15, 0.2) is 5.96 Å². The number of nitrogens with zero attached hydrogens (tertiary/aromatic N) is 3. The van der Waals surface area contributed by atoms with E-state index in [0.717, 1.165) is 51.6 Å². The highest BCUT2D eigenvalue weighted by molar-refractivity contribution is 5.85. The predicted octanol–water partition coefficient (Wildman–Crippen LogP) is 3.08. The third kappa shape index (κ3) is 5.88. The van der Waals surface area contributed by atoms with Crippen molar-refractivity contribution < 1.29 is 9.53 Å². The molecule has 6 nitrogen and oxygen atoms in total. The van der Waals surface area contributed by atoms with Crippen LogP contribution in [0.4, 0.5) is 0 Å². The molecule has 1 unspecified atom stereocenters. The number of carbonyl (C=O) groups is 1. The summed E-state index contributed by atoms with van der Waals surface area (Å²) in [4.78, 5) is 21.7. The molecule has 1 N–H and O–H groups in total. The van der Waals surface area contributed by atoms with Gasteiger partial charge in [-0.1, -0.05) is 54.6 Å². The Morgan fingerprint density at radius 2 is 1.84 bits per heavy atom. The van der Waals surface area contributed by atoms with E-state index in [9.17, 15) is 4.79 Å². The highest BCUT2D eigenvalue weighted by atomic mass is 16.5. The Labute approximate surface area is 191 Å². The number of nitrogens with one attached hydrogen (secondary N) is 1. The quantitative estimate of drug-likeness (QED) is 0.538. The average molecular weight is 435 g/mol. The minimum absolute atomic E-state index is 0.0943. The summed E-state index contributed by atoms with van der Waals surface area (Å²) in [6.07, 6.45) is 2.00. The molecule has 170 valence electrons. The standard InChI is InChI=1S/C26H34N4O2/c1-2-27-26(28-16-25(31)29-15-13-23-10-6-7-11-24(23)18-29)30-14-12-22(17-30)20-32-19-21-8-4-3-5-9-21/h3-11,22H,2,12-20H2,1H3,(H,27,28). The Kier molecular flexibility index (Phi) is 7.77. The van der Waals surface area contributed by atoms with Gasteiger partial charge in [-0.2, -0.15) is 0 Å². The number of amides is 1. The molecule has 0 radical (unpaired) electrons. The van der Waals surface area contributed by atoms with Gasteiger partial charge in [-0.3, -0.25) is 4.79 Å². The van der Waals surface area contributed by atoms with Crippen LogP contribution in [0.2, 0.25) is 0 Å². The fourth-order valence-electron chi connectivity index (χ4n) is 4.46. The van der Waals surface area contributed by atoms with E-state index in [1.54, 1.807) is 0 Å². The van der Waals surface area contributed by atoms with Crippen LogP contribution in [0.15, 0.2) is 59.6 Å². The van der Waals surface area contributed by atoms with Gasteiger partial charge in [0.05, 0.1) is 13.2 Å². The van der Waals surface area contributed by atoms with Crippen molar-refractivity contribution in [1.82, 2.24) is 15.1 Å². The van der Waals surface area contributed by atoms with Crippen LogP contribution in [0.1, 0.15) is 30.0 Å². The highest BCUT2D eigenvalue weighted by Gasteiger charge is 2.26. The van der Waals surface area contributed by atoms with Gasteiger partial charge in [0.2, 0.25) is 5.91 Å². The van der Waals surface area contributed by atoms with Crippen molar-refractivity contribution in [2.24, 2.45) is 10.9 Å². The van der Waals surface area contributed by atoms with Crippen LogP contribution in [-0.2, 0) is 29.1 Å². The summed E-state index contributed by atoms with van der Waals surface area (Å²) in [5.74, 6) is 1.41. The van der Waals surface area contributed by atoms with Crippen molar-refractivity contribution in [3.63, 3.8) is 0 Å². The van der Waals surface area contributed by atoms with Crippen LogP contribution in [0.25, 0.3) is 0 Å². The number of hydrogen-bond acceptors (Lipinski definition) is 3. The first kappa shape index (κ1) is 22.3. The molecule has 32 heavy (non-hydrogen) atoms. The van der Waals surface area contributed by atoms with Gasteiger partial charge in [0, 0.05) is 38.6 Å². The molecule has 0 saturated carbocycles. The van der Waals surface area contributed by atoms with Gasteiger partial charge < -0.3 is 19.9 Å². The molecule has 0 aromatic heterocycles. The van der Waals surface area contributed by atoms with Crippen molar-refractivity contribution in [3.05, 3.63) is 71.3 Å². The second-order valence-corrected chi connectivity index (χ2v) is 8.61. The molecule has 1 atom stereocenters. The zero-order chi connectivity index (χ0) is 22.2. The summed E-state index contributed by atoms with van der Waals surface area (Å²) < 4.78 is 5.95. The third-order valence-electron chi connectivity index (χ3n) is 6.23. The van der Waals surface area contributed by atoms with E-state index < -0.39 is 0 Å². The number of hydrogen-bond donors (Lipinski definition) is 1. The summed E-state index contributed by atoms with van der Waals surface area (Å²) in [7, 11) is 0. The smallest absolute Gasteiger partial charge is 0.244 e. The topological polar surface area (TPSA) is 57.2 Å². The van der Waals surface area contributed by atoms with Crippen LogP contribution >= 0.6 is 0 Å². The second-order valence-electron chi connectivity index (χ2n) is 8.61. The van der Waals surface area contributed by atoms with Crippen LogP contribution in [0.3, 0.4) is 0 Å². The lowest BCUT2D eigenvalue weighted by Gasteiger charge is -2.28. The summed E-state index contributed by atoms with van der Waals surface area (Å²) in [6, 6.07) is 18.7. The molecule has 2 aromatic carbocycles. The molecule has 2 aromatic rings. The predicted molar refractivity (Wildman–Crippen MR) is 127 cm³/mol. The molecule has 1 saturated heterocycles.